The van der Waals surface area contributed by atoms with E-state index in [4.69, 9.17) is 65.8 Å². The van der Waals surface area contributed by atoms with Gasteiger partial charge in [-0.1, -0.05) is 70.2 Å². The second kappa shape index (κ2) is 36.0. The number of methoxy groups -OCH3 is 1. The predicted octanol–water partition coefficient (Wildman–Crippen LogP) is 20.6. The van der Waals surface area contributed by atoms with Gasteiger partial charge in [-0.2, -0.15) is 0 Å². The standard InChI is InChI=1S/C28H31N3O2.C23H21N3O.C21H21N3O.C19H17N3O/c1-18-14-20(23(17-29)30-6)15-21(33-18)9-8-19-16-22-25-24(26(19)32-7)28(4,5)11-13-31(25)12-10-27(22,2)3;1-16-11-20(22(15-24)25-2)14-21(27-16)8-7-17-12-18-5-3-9-26-10-4-6-19(13-17)23(18)26;1-5-24(6-2)19-10-7-17(8-11-19)9-12-20-14-18(13-16(3)25-20)21(15-22)23-4;1-14-11-16(19(13-20)21-2)12-18(23-14)10-7-15-5-8-17(9-6-15)22(3)4/h8-9,14-16H,10-13H2,1-5,7H3;7-8,11-14H,3-6,9-10H2,1H3;7-14H,5-6H2,1-3H3;5-12H,1,3-4H3/b9-8+,23-20-;8-7+,22-20-;12-9+,21-18-;10-7+,19-16-. The fraction of sp³-hybridized carbons (Fsp3) is 0.297. The first-order valence-electron chi connectivity index (χ1n) is 36.1. The number of nitriles is 4. The molecule has 0 atom stereocenters. The van der Waals surface area contributed by atoms with Crippen LogP contribution in [0.15, 0.2) is 231 Å². The molecule has 12 rings (SSSR count). The van der Waals surface area contributed by atoms with E-state index in [2.05, 4.69) is 124 Å². The molecule has 0 aromatic heterocycles. The van der Waals surface area contributed by atoms with E-state index in [1.807, 2.05) is 124 Å². The van der Waals surface area contributed by atoms with Crippen LogP contribution in [0.1, 0.15) is 139 Å². The van der Waals surface area contributed by atoms with Gasteiger partial charge in [0.1, 0.15) is 51.8 Å². The highest BCUT2D eigenvalue weighted by atomic mass is 16.5. The molecule has 0 saturated carbocycles. The van der Waals surface area contributed by atoms with E-state index >= 15 is 0 Å². The first-order valence-corrected chi connectivity index (χ1v) is 36.1. The number of aryl methyl sites for hydroxylation is 2. The Morgan fingerprint density at radius 1 is 0.481 bits per heavy atom. The highest BCUT2D eigenvalue weighted by molar-refractivity contribution is 5.78. The maximum absolute atomic E-state index is 9.26. The molecule has 17 nitrogen and oxygen atoms in total. The van der Waals surface area contributed by atoms with Crippen LogP contribution in [-0.2, 0) is 42.6 Å². The van der Waals surface area contributed by atoms with Crippen molar-refractivity contribution in [2.45, 2.75) is 119 Å². The fourth-order valence-corrected chi connectivity index (χ4v) is 13.9. The minimum absolute atomic E-state index is 0.0103. The Bertz CT molecular complexity index is 5000. The lowest BCUT2D eigenvalue weighted by molar-refractivity contribution is 0.317. The number of nitrogens with zero attached hydrogens (tertiary/aromatic N) is 12. The maximum atomic E-state index is 9.26. The third-order valence-electron chi connectivity index (χ3n) is 19.5. The van der Waals surface area contributed by atoms with E-state index in [1.54, 1.807) is 69.6 Å². The second-order valence-corrected chi connectivity index (χ2v) is 28.2. The Morgan fingerprint density at radius 2 is 0.843 bits per heavy atom. The molecule has 4 aromatic rings. The third-order valence-corrected chi connectivity index (χ3v) is 19.5. The molecule has 0 saturated heterocycles. The van der Waals surface area contributed by atoms with Crippen molar-refractivity contribution in [1.82, 2.24) is 0 Å². The monoisotopic (exact) mass is 1430 g/mol. The van der Waals surface area contributed by atoms with Crippen LogP contribution in [-0.4, -0.2) is 60.5 Å². The van der Waals surface area contributed by atoms with Gasteiger partial charge in [-0.3, -0.25) is 0 Å². The van der Waals surface area contributed by atoms with E-state index in [0.717, 1.165) is 80.0 Å². The molecule has 108 heavy (non-hydrogen) atoms. The number of ether oxygens (including phenoxy) is 5. The Kier molecular flexibility index (Phi) is 26.3. The molecular weight excluding hydrogens is 1340 g/mol. The second-order valence-electron chi connectivity index (χ2n) is 28.2. The number of benzene rings is 4. The van der Waals surface area contributed by atoms with Gasteiger partial charge in [0, 0.05) is 87.2 Å². The molecule has 0 unspecified atom stereocenters. The summed E-state index contributed by atoms with van der Waals surface area (Å²) in [7, 11) is 5.74. The van der Waals surface area contributed by atoms with Crippen molar-refractivity contribution in [3.63, 3.8) is 0 Å². The van der Waals surface area contributed by atoms with Crippen LogP contribution < -0.4 is 24.3 Å². The zero-order chi connectivity index (χ0) is 77.8. The summed E-state index contributed by atoms with van der Waals surface area (Å²) in [6, 6.07) is 31.0. The minimum atomic E-state index is 0.0103. The zero-order valence-electron chi connectivity index (χ0n) is 64.0. The van der Waals surface area contributed by atoms with Gasteiger partial charge in [-0.15, -0.1) is 0 Å². The molecule has 0 bridgehead atoms. The summed E-state index contributed by atoms with van der Waals surface area (Å²) in [5, 5.41) is 36.4. The molecule has 4 aromatic carbocycles. The molecule has 8 aliphatic heterocycles. The van der Waals surface area contributed by atoms with E-state index in [0.29, 0.717) is 68.4 Å². The highest BCUT2D eigenvalue weighted by Crippen LogP contribution is 2.54. The molecule has 0 N–H and O–H groups in total. The maximum Gasteiger partial charge on any atom is 0.269 e. The summed E-state index contributed by atoms with van der Waals surface area (Å²) in [4.78, 5) is 22.5. The average Bonchev–Trinajstić information content (AvgIpc) is 0.719. The first kappa shape index (κ1) is 79.0. The Hall–Kier alpha value is -13.2. The van der Waals surface area contributed by atoms with Crippen LogP contribution in [0.25, 0.3) is 43.7 Å². The smallest absolute Gasteiger partial charge is 0.269 e. The number of allylic oxidation sites excluding steroid dienone is 24. The van der Waals surface area contributed by atoms with Crippen molar-refractivity contribution in [1.29, 1.82) is 21.0 Å². The van der Waals surface area contributed by atoms with Crippen molar-refractivity contribution in [3.8, 4) is 30.0 Å². The van der Waals surface area contributed by atoms with Crippen molar-refractivity contribution in [2.24, 2.45) is 0 Å². The molecule has 0 spiro atoms. The van der Waals surface area contributed by atoms with Crippen molar-refractivity contribution < 1.29 is 23.7 Å². The van der Waals surface area contributed by atoms with Crippen LogP contribution in [0.2, 0.25) is 0 Å². The van der Waals surface area contributed by atoms with Crippen molar-refractivity contribution in [3.05, 3.63) is 321 Å². The zero-order valence-corrected chi connectivity index (χ0v) is 64.0. The van der Waals surface area contributed by atoms with E-state index < -0.39 is 0 Å². The average molecular weight is 1430 g/mol. The van der Waals surface area contributed by atoms with Gasteiger partial charge in [0.05, 0.1) is 57.7 Å². The van der Waals surface area contributed by atoms with Gasteiger partial charge < -0.3 is 43.3 Å². The lowest BCUT2D eigenvalue weighted by Gasteiger charge is -2.48. The molecule has 0 amide bonds. The largest absolute Gasteiger partial charge is 0.496 e. The first-order chi connectivity index (χ1) is 51.9. The lowest BCUT2D eigenvalue weighted by Crippen LogP contribution is -2.45. The number of rotatable bonds is 13. The quantitative estimate of drug-likeness (QED) is 0.0915. The molecule has 0 aliphatic carbocycles. The lowest BCUT2D eigenvalue weighted by atomic mass is 9.68. The summed E-state index contributed by atoms with van der Waals surface area (Å²) in [5.74, 6) is 6.01. The van der Waals surface area contributed by atoms with Gasteiger partial charge in [0.2, 0.25) is 0 Å². The van der Waals surface area contributed by atoms with Gasteiger partial charge >= 0.3 is 0 Å². The molecule has 8 heterocycles. The van der Waals surface area contributed by atoms with Gasteiger partial charge in [0.15, 0.2) is 0 Å². The molecule has 0 radical (unpaired) electrons. The summed E-state index contributed by atoms with van der Waals surface area (Å²) in [6.07, 6.45) is 36.2. The van der Waals surface area contributed by atoms with E-state index in [-0.39, 0.29) is 33.6 Å². The Labute approximate surface area is 638 Å². The van der Waals surface area contributed by atoms with Crippen LogP contribution >= 0.6 is 0 Å². The van der Waals surface area contributed by atoms with Gasteiger partial charge in [0.25, 0.3) is 22.8 Å². The van der Waals surface area contributed by atoms with E-state index in [9.17, 15) is 5.26 Å². The third kappa shape index (κ3) is 19.4. The van der Waals surface area contributed by atoms with Crippen LogP contribution in [0.5, 0.6) is 5.75 Å². The number of anilines is 4. The summed E-state index contributed by atoms with van der Waals surface area (Å²) < 4.78 is 28.9. The number of hydrogen-bond acceptors (Lipinski definition) is 13. The SMILES string of the molecule is [C-]#[N+]/C(C#N)=C1/C=C(C)OC(/C=C/c2cc3c4c(c2)CCCN4CCC3)=C1.[C-]#[N+]/C(C#N)=C1/C=C(C)OC(/C=C/c2cc3c4c(c2OC)C(C)(C)CCN4CCC3(C)C)=C1.[C-]#[N+]/C(C#N)=C1/C=C(C)OC(/C=C/c2ccc(N(C)C)cc2)=C1.[C-]#[N+]/C(C#N)=C1/C=C(C)OC(/C=C/c2ccc(N(CC)CC)cc2)=C1. The Morgan fingerprint density at radius 3 is 1.20 bits per heavy atom. The highest BCUT2D eigenvalue weighted by Gasteiger charge is 2.42. The van der Waals surface area contributed by atoms with Gasteiger partial charge in [-0.05, 0) is 268 Å². The summed E-state index contributed by atoms with van der Waals surface area (Å²) in [5.41, 5.74) is 17.7. The minimum Gasteiger partial charge on any atom is -0.496 e. The topological polar surface area (TPSA) is 172 Å². The van der Waals surface area contributed by atoms with E-state index in [1.165, 1.54) is 70.8 Å². The molecule has 0 fully saturated rings. The fourth-order valence-electron chi connectivity index (χ4n) is 13.9. The van der Waals surface area contributed by atoms with Crippen LogP contribution in [0.4, 0.5) is 22.7 Å². The normalized spacial score (nSPS) is 18.6. The van der Waals surface area contributed by atoms with Crippen LogP contribution in [0.3, 0.4) is 0 Å². The molecule has 544 valence electrons. The Balaban J connectivity index is 0.000000168. The summed E-state index contributed by atoms with van der Waals surface area (Å²) in [6.45, 7) is 55.8. The van der Waals surface area contributed by atoms with Crippen LogP contribution in [0, 0.1) is 71.6 Å². The summed E-state index contributed by atoms with van der Waals surface area (Å²) >= 11 is 0. The van der Waals surface area contributed by atoms with Crippen molar-refractivity contribution >= 4 is 47.1 Å². The predicted molar refractivity (Wildman–Crippen MR) is 431 cm³/mol. The van der Waals surface area contributed by atoms with Gasteiger partial charge in [-0.25, -0.2) is 40.4 Å². The molecule has 8 aliphatic rings. The molecule has 17 heteroatoms. The van der Waals surface area contributed by atoms with Crippen molar-refractivity contribution in [2.75, 3.05) is 80.1 Å². The number of hydrogen-bond donors (Lipinski definition) is 0. The molecular formula is C91H90N12O5.